The van der Waals surface area contributed by atoms with Gasteiger partial charge in [0.25, 0.3) is 0 Å². The highest BCUT2D eigenvalue weighted by Crippen LogP contribution is 2.35. The van der Waals surface area contributed by atoms with Crippen LogP contribution in [0.3, 0.4) is 0 Å². The van der Waals surface area contributed by atoms with E-state index in [1.165, 1.54) is 33.7 Å². The van der Waals surface area contributed by atoms with Crippen LogP contribution in [0.25, 0.3) is 34.0 Å². The molecule has 48 heavy (non-hydrogen) atoms. The predicted molar refractivity (Wildman–Crippen MR) is 170 cm³/mol. The minimum Gasteiger partial charge on any atom is -0.496 e. The number of nitrogens with zero attached hydrogens (tertiary/aromatic N) is 4. The molecule has 0 spiro atoms. The number of rotatable bonds is 9. The van der Waals surface area contributed by atoms with E-state index < -0.39 is 23.5 Å². The number of aromatic amines is 2. The van der Waals surface area contributed by atoms with Crippen molar-refractivity contribution in [3.8, 4) is 23.4 Å². The molecular formula is C32H28F6N6O2S2+2. The highest BCUT2D eigenvalue weighted by atomic mass is 33.1. The third kappa shape index (κ3) is 6.50. The molecule has 4 heterocycles. The van der Waals surface area contributed by atoms with Gasteiger partial charge in [-0.25, -0.2) is 19.1 Å². The molecule has 0 aliphatic heterocycles. The van der Waals surface area contributed by atoms with E-state index in [1.807, 2.05) is 13.8 Å². The van der Waals surface area contributed by atoms with Gasteiger partial charge in [-0.05, 0) is 50.2 Å². The fourth-order valence-corrected chi connectivity index (χ4v) is 7.59. The Morgan fingerprint density at radius 3 is 1.40 bits per heavy atom. The van der Waals surface area contributed by atoms with Crippen LogP contribution in [0.4, 0.5) is 26.3 Å². The number of imidazole rings is 2. The Balaban J connectivity index is 1.28. The summed E-state index contributed by atoms with van der Waals surface area (Å²) in [7, 11) is 6.18. The molecule has 0 radical (unpaired) electrons. The van der Waals surface area contributed by atoms with Crippen LogP contribution in [0.1, 0.15) is 33.6 Å². The lowest BCUT2D eigenvalue weighted by molar-refractivity contribution is -0.611. The second-order valence-electron chi connectivity index (χ2n) is 10.8. The van der Waals surface area contributed by atoms with E-state index in [0.29, 0.717) is 45.9 Å². The number of fused-ring (bicyclic) bond motifs is 2. The Bertz CT molecular complexity index is 1990. The third-order valence-corrected chi connectivity index (χ3v) is 10.1. The van der Waals surface area contributed by atoms with E-state index in [-0.39, 0.29) is 11.0 Å². The molecule has 6 rings (SSSR count). The van der Waals surface area contributed by atoms with Gasteiger partial charge in [0.2, 0.25) is 0 Å². The Morgan fingerprint density at radius 2 is 1.04 bits per heavy atom. The number of alkyl halides is 6. The van der Waals surface area contributed by atoms with Gasteiger partial charge >= 0.3 is 24.2 Å². The Morgan fingerprint density at radius 1 is 0.646 bits per heavy atom. The fraction of sp³-hybridized carbons (Fsp3) is 0.250. The van der Waals surface area contributed by atoms with Crippen molar-refractivity contribution in [2.75, 3.05) is 14.2 Å². The number of hydrogen-bond donors (Lipinski definition) is 2. The molecule has 0 fully saturated rings. The van der Waals surface area contributed by atoms with Crippen molar-refractivity contribution in [1.29, 1.82) is 0 Å². The van der Waals surface area contributed by atoms with Crippen molar-refractivity contribution in [2.24, 2.45) is 0 Å². The Hall–Kier alpha value is -4.44. The van der Waals surface area contributed by atoms with Crippen LogP contribution in [-0.2, 0) is 23.9 Å². The van der Waals surface area contributed by atoms with Gasteiger partial charge in [-0.15, -0.1) is 0 Å². The number of ether oxygens (including phenoxy) is 2. The summed E-state index contributed by atoms with van der Waals surface area (Å²) in [5, 5.41) is 0. The molecule has 2 N–H and O–H groups in total. The maximum absolute atomic E-state index is 13.3. The van der Waals surface area contributed by atoms with E-state index in [9.17, 15) is 26.3 Å². The molecule has 0 aliphatic carbocycles. The minimum atomic E-state index is -4.48. The molecule has 0 amide bonds. The van der Waals surface area contributed by atoms with Crippen molar-refractivity contribution in [2.45, 2.75) is 37.7 Å². The summed E-state index contributed by atoms with van der Waals surface area (Å²) >= 11 is 0. The standard InChI is InChI=1S/C32H28F6N6O2S2/c1-17-25(43(11-9-27(17)45-3)29-39-21-7-5-19(31(33,34)35)13-23(21)41-29)15-47-48-16-26-18(2)28(46-4)10-12-44(26)30-40-22-8-6-20(32(36,37)38)14-24(22)42-30/h5-14H,15-16H2,1-4H3,(H,39,41)(H,40,42)/q+2. The topological polar surface area (TPSA) is 83.6 Å². The average molecular weight is 707 g/mol. The quantitative estimate of drug-likeness (QED) is 0.0693. The molecule has 6 aromatic rings. The van der Waals surface area contributed by atoms with E-state index >= 15 is 0 Å². The summed E-state index contributed by atoms with van der Waals surface area (Å²) in [5.74, 6) is 2.93. The first-order valence-corrected chi connectivity index (χ1v) is 16.8. The molecule has 250 valence electrons. The van der Waals surface area contributed by atoms with Gasteiger partial charge in [-0.2, -0.15) is 26.3 Å². The molecule has 0 saturated heterocycles. The van der Waals surface area contributed by atoms with Crippen LogP contribution in [0.5, 0.6) is 11.5 Å². The number of halogens is 6. The Labute approximate surface area is 277 Å². The van der Waals surface area contributed by atoms with Crippen molar-refractivity contribution in [3.63, 3.8) is 0 Å². The zero-order valence-electron chi connectivity index (χ0n) is 25.9. The summed E-state index contributed by atoms with van der Waals surface area (Å²) in [6.07, 6.45) is -5.47. The first kappa shape index (κ1) is 33.5. The summed E-state index contributed by atoms with van der Waals surface area (Å²) in [5.41, 5.74) is 3.05. The van der Waals surface area contributed by atoms with Crippen molar-refractivity contribution in [1.82, 2.24) is 19.9 Å². The molecule has 2 aromatic carbocycles. The molecule has 0 saturated carbocycles. The largest absolute Gasteiger partial charge is 0.496 e. The van der Waals surface area contributed by atoms with Gasteiger partial charge in [0.15, 0.2) is 11.0 Å². The monoisotopic (exact) mass is 706 g/mol. The number of H-pyrrole nitrogens is 2. The molecule has 0 bridgehead atoms. The van der Waals surface area contributed by atoms with Gasteiger partial charge in [-0.1, -0.05) is 31.6 Å². The van der Waals surface area contributed by atoms with Crippen molar-refractivity contribution in [3.05, 3.63) is 94.6 Å². The van der Waals surface area contributed by atoms with E-state index in [0.717, 1.165) is 46.8 Å². The summed E-state index contributed by atoms with van der Waals surface area (Å²) in [6.45, 7) is 3.79. The van der Waals surface area contributed by atoms with Crippen molar-refractivity contribution < 1.29 is 45.0 Å². The molecule has 8 nitrogen and oxygen atoms in total. The van der Waals surface area contributed by atoms with Crippen molar-refractivity contribution >= 4 is 43.7 Å². The van der Waals surface area contributed by atoms with Crippen LogP contribution in [0.15, 0.2) is 60.9 Å². The minimum absolute atomic E-state index is 0.257. The third-order valence-electron chi connectivity index (χ3n) is 7.90. The van der Waals surface area contributed by atoms with Gasteiger partial charge in [0.05, 0.1) is 49.2 Å². The predicted octanol–water partition coefficient (Wildman–Crippen LogP) is 7.75. The molecule has 0 atom stereocenters. The SMILES string of the molecule is COc1cc[n+](-c2nc3ccc(C(F)(F)F)cc3[nH]2)c(CSSCc2c(C)c(OC)cc[n+]2-c2nc3ccc(C(F)(F)F)cc3[nH]2)c1C. The summed E-state index contributed by atoms with van der Waals surface area (Å²) in [6, 6.07) is 10.3. The number of aromatic nitrogens is 6. The fourth-order valence-electron chi connectivity index (χ4n) is 5.32. The molecule has 0 unspecified atom stereocenters. The number of pyridine rings is 2. The van der Waals surface area contributed by atoms with Crippen LogP contribution in [0, 0.1) is 13.8 Å². The van der Waals surface area contributed by atoms with E-state index in [4.69, 9.17) is 9.47 Å². The lowest BCUT2D eigenvalue weighted by Gasteiger charge is -2.14. The summed E-state index contributed by atoms with van der Waals surface area (Å²) in [4.78, 5) is 15.1. The van der Waals surface area contributed by atoms with Crippen LogP contribution in [0.2, 0.25) is 0 Å². The summed E-state index contributed by atoms with van der Waals surface area (Å²) < 4.78 is 94.6. The highest BCUT2D eigenvalue weighted by molar-refractivity contribution is 8.76. The van der Waals surface area contributed by atoms with Gasteiger partial charge < -0.3 is 9.47 Å². The van der Waals surface area contributed by atoms with E-state index in [1.54, 1.807) is 47.9 Å². The zero-order valence-corrected chi connectivity index (χ0v) is 27.5. The number of benzene rings is 2. The first-order chi connectivity index (χ1) is 22.8. The normalized spacial score (nSPS) is 12.3. The van der Waals surface area contributed by atoms with Crippen LogP contribution in [-0.4, -0.2) is 34.2 Å². The molecule has 16 heteroatoms. The lowest BCUT2D eigenvalue weighted by atomic mass is 10.2. The van der Waals surface area contributed by atoms with Crippen LogP contribution < -0.4 is 18.6 Å². The lowest BCUT2D eigenvalue weighted by Crippen LogP contribution is -2.38. The zero-order chi connectivity index (χ0) is 34.4. The molecule has 4 aromatic heterocycles. The molecular weight excluding hydrogens is 679 g/mol. The Kier molecular flexibility index (Phi) is 8.98. The van der Waals surface area contributed by atoms with Gasteiger partial charge in [0.1, 0.15) is 33.9 Å². The average Bonchev–Trinajstić information content (AvgIpc) is 3.67. The number of hydrogen-bond acceptors (Lipinski definition) is 6. The molecule has 0 aliphatic rings. The first-order valence-electron chi connectivity index (χ1n) is 14.3. The van der Waals surface area contributed by atoms with Crippen LogP contribution >= 0.6 is 21.6 Å². The van der Waals surface area contributed by atoms with Gasteiger partial charge in [-0.3, -0.25) is 0 Å². The second kappa shape index (κ2) is 12.9. The number of methoxy groups -OCH3 is 2. The maximum atomic E-state index is 13.3. The number of nitrogens with one attached hydrogen (secondary N) is 2. The van der Waals surface area contributed by atoms with E-state index in [2.05, 4.69) is 19.9 Å². The second-order valence-corrected chi connectivity index (χ2v) is 13.2. The smallest absolute Gasteiger partial charge is 0.416 e. The maximum Gasteiger partial charge on any atom is 0.416 e. The van der Waals surface area contributed by atoms with Gasteiger partial charge in [0, 0.05) is 23.3 Å². The highest BCUT2D eigenvalue weighted by Gasteiger charge is 2.33.